The molecule has 212 valence electrons. The fraction of sp³-hybridized carbons (Fsp3) is 0.375. The molecule has 41 heavy (non-hydrogen) atoms. The Hall–Kier alpha value is -3.53. The van der Waals surface area contributed by atoms with E-state index in [1.807, 2.05) is 42.5 Å². The van der Waals surface area contributed by atoms with Crippen molar-refractivity contribution in [3.8, 4) is 17.2 Å². The van der Waals surface area contributed by atoms with Gasteiger partial charge in [0.1, 0.15) is 28.2 Å². The second kappa shape index (κ2) is 10.7. The molecule has 1 saturated carbocycles. The van der Waals surface area contributed by atoms with Gasteiger partial charge in [-0.2, -0.15) is 0 Å². The number of fused-ring (bicyclic) bond motifs is 6. The number of morpholine rings is 1. The van der Waals surface area contributed by atoms with Crippen LogP contribution in [-0.2, 0) is 10.2 Å². The van der Waals surface area contributed by atoms with Crippen LogP contribution >= 0.6 is 11.8 Å². The molecule has 0 unspecified atom stereocenters. The van der Waals surface area contributed by atoms with Crippen molar-refractivity contribution in [2.45, 2.75) is 47.3 Å². The number of benzene rings is 2. The van der Waals surface area contributed by atoms with Crippen molar-refractivity contribution < 1.29 is 19.0 Å². The van der Waals surface area contributed by atoms with Crippen molar-refractivity contribution in [2.75, 3.05) is 39.5 Å². The fourth-order valence-corrected chi connectivity index (χ4v) is 7.50. The standard InChI is InChI=1S/C32H32N2O6S/c35-28-27-25(40-31(37)29(28)41-22-7-3-1-4-8-22)20-26-32(11-5-2-6-12-32)23-19-21(9-10-24(23)34(26)30(27)36)39-18-15-33-13-16-38-17-14-33/h1,3-4,7-10,19-20,35H,2,5-6,11-18H2. The maximum atomic E-state index is 14.2. The summed E-state index contributed by atoms with van der Waals surface area (Å²) in [5.41, 5.74) is 1.40. The highest BCUT2D eigenvalue weighted by Gasteiger charge is 2.46. The zero-order valence-electron chi connectivity index (χ0n) is 22.8. The highest BCUT2D eigenvalue weighted by atomic mass is 32.2. The Kier molecular flexibility index (Phi) is 6.89. The average Bonchev–Trinajstić information content (AvgIpc) is 3.25. The van der Waals surface area contributed by atoms with Crippen LogP contribution in [0.1, 0.15) is 43.4 Å². The maximum absolute atomic E-state index is 14.2. The number of ether oxygens (including phenoxy) is 2. The van der Waals surface area contributed by atoms with E-state index in [1.165, 1.54) is 0 Å². The summed E-state index contributed by atoms with van der Waals surface area (Å²) >= 11 is 1.09. The lowest BCUT2D eigenvalue weighted by molar-refractivity contribution is 0.0322. The van der Waals surface area contributed by atoms with Crippen LogP contribution in [-0.4, -0.2) is 54.0 Å². The molecule has 9 heteroatoms. The molecule has 2 aromatic heterocycles. The molecule has 3 aliphatic rings. The molecule has 1 saturated heterocycles. The number of hydrogen-bond acceptors (Lipinski definition) is 8. The summed E-state index contributed by atoms with van der Waals surface area (Å²) in [6.45, 7) is 4.74. The first-order valence-corrected chi connectivity index (χ1v) is 15.1. The van der Waals surface area contributed by atoms with Crippen molar-refractivity contribution in [3.63, 3.8) is 0 Å². The van der Waals surface area contributed by atoms with Crippen LogP contribution < -0.4 is 15.9 Å². The van der Waals surface area contributed by atoms with Gasteiger partial charge < -0.3 is 19.0 Å². The van der Waals surface area contributed by atoms with E-state index in [0.29, 0.717) is 6.61 Å². The van der Waals surface area contributed by atoms with E-state index in [9.17, 15) is 14.7 Å². The fourth-order valence-electron chi connectivity index (χ4n) is 6.65. The number of rotatable bonds is 6. The largest absolute Gasteiger partial charge is 0.505 e. The van der Waals surface area contributed by atoms with Crippen LogP contribution in [0.15, 0.2) is 78.4 Å². The van der Waals surface area contributed by atoms with Crippen LogP contribution in [0.3, 0.4) is 0 Å². The lowest BCUT2D eigenvalue weighted by atomic mass is 9.68. The molecule has 0 amide bonds. The van der Waals surface area contributed by atoms with Gasteiger partial charge in [0.25, 0.3) is 5.56 Å². The highest BCUT2D eigenvalue weighted by molar-refractivity contribution is 7.99. The van der Waals surface area contributed by atoms with Crippen molar-refractivity contribution in [1.29, 1.82) is 0 Å². The van der Waals surface area contributed by atoms with Crippen LogP contribution in [0.2, 0.25) is 0 Å². The van der Waals surface area contributed by atoms with Gasteiger partial charge in [0, 0.05) is 41.7 Å². The molecule has 2 aliphatic heterocycles. The minimum atomic E-state index is -0.655. The van der Waals surface area contributed by atoms with Gasteiger partial charge in [-0.3, -0.25) is 14.3 Å². The van der Waals surface area contributed by atoms with Gasteiger partial charge in [-0.05, 0) is 48.7 Å². The lowest BCUT2D eigenvalue weighted by Crippen LogP contribution is -2.38. The summed E-state index contributed by atoms with van der Waals surface area (Å²) in [4.78, 5) is 30.3. The predicted octanol–water partition coefficient (Wildman–Crippen LogP) is 5.08. The normalized spacial score (nSPS) is 18.0. The van der Waals surface area contributed by atoms with Crippen LogP contribution in [0, 0.1) is 0 Å². The molecule has 1 spiro atoms. The number of aromatic nitrogens is 1. The van der Waals surface area contributed by atoms with Gasteiger partial charge in [-0.15, -0.1) is 0 Å². The Morgan fingerprint density at radius 3 is 2.54 bits per heavy atom. The predicted molar refractivity (Wildman–Crippen MR) is 157 cm³/mol. The molecule has 0 radical (unpaired) electrons. The summed E-state index contributed by atoms with van der Waals surface area (Å²) in [6.07, 6.45) is 4.99. The van der Waals surface area contributed by atoms with E-state index in [1.54, 1.807) is 10.6 Å². The zero-order valence-corrected chi connectivity index (χ0v) is 23.6. The van der Waals surface area contributed by atoms with E-state index in [4.69, 9.17) is 13.9 Å². The molecule has 4 heterocycles. The van der Waals surface area contributed by atoms with Crippen LogP contribution in [0.25, 0.3) is 16.7 Å². The first-order chi connectivity index (χ1) is 20.0. The molecule has 2 fully saturated rings. The summed E-state index contributed by atoms with van der Waals surface area (Å²) in [5.74, 6) is 0.447. The first kappa shape index (κ1) is 26.4. The van der Waals surface area contributed by atoms with Crippen molar-refractivity contribution in [1.82, 2.24) is 9.47 Å². The smallest absolute Gasteiger partial charge is 0.354 e. The minimum absolute atomic E-state index is 0.0102. The lowest BCUT2D eigenvalue weighted by Gasteiger charge is -2.34. The van der Waals surface area contributed by atoms with Gasteiger partial charge in [0.05, 0.1) is 18.9 Å². The number of nitrogens with zero attached hydrogens (tertiary/aromatic N) is 2. The first-order valence-electron chi connectivity index (χ1n) is 14.3. The Morgan fingerprint density at radius 2 is 1.76 bits per heavy atom. The second-order valence-corrected chi connectivity index (χ2v) is 12.1. The molecular weight excluding hydrogens is 540 g/mol. The SMILES string of the molecule is O=c1oc2cc3n(c(=O)c2c(O)c1Sc1ccccc1)-c1ccc(OCCN2CCOCC2)cc1C31CCCCC1. The minimum Gasteiger partial charge on any atom is -0.505 e. The molecule has 1 aliphatic carbocycles. The Bertz CT molecular complexity index is 1720. The molecule has 4 aromatic rings. The number of hydrogen-bond donors (Lipinski definition) is 1. The van der Waals surface area contributed by atoms with Gasteiger partial charge in [0.15, 0.2) is 5.75 Å². The summed E-state index contributed by atoms with van der Waals surface area (Å²) in [6, 6.07) is 17.0. The molecule has 0 bridgehead atoms. The van der Waals surface area contributed by atoms with Crippen LogP contribution in [0.4, 0.5) is 0 Å². The third kappa shape index (κ3) is 4.56. The molecule has 1 N–H and O–H groups in total. The van der Waals surface area contributed by atoms with E-state index in [0.717, 1.165) is 104 Å². The molecule has 2 aromatic carbocycles. The van der Waals surface area contributed by atoms with E-state index < -0.39 is 5.63 Å². The van der Waals surface area contributed by atoms with Gasteiger partial charge in [0.2, 0.25) is 0 Å². The summed E-state index contributed by atoms with van der Waals surface area (Å²) in [7, 11) is 0. The van der Waals surface area contributed by atoms with Crippen LogP contribution in [0.5, 0.6) is 11.5 Å². The van der Waals surface area contributed by atoms with E-state index >= 15 is 0 Å². The summed E-state index contributed by atoms with van der Waals surface area (Å²) in [5, 5.41) is 11.3. The molecular formula is C32H32N2O6S. The Labute approximate surface area is 241 Å². The third-order valence-corrected chi connectivity index (χ3v) is 9.75. The summed E-state index contributed by atoms with van der Waals surface area (Å²) < 4.78 is 19.1. The van der Waals surface area contributed by atoms with Gasteiger partial charge >= 0.3 is 5.63 Å². The van der Waals surface area contributed by atoms with Gasteiger partial charge in [-0.1, -0.05) is 49.2 Å². The quantitative estimate of drug-likeness (QED) is 0.342. The van der Waals surface area contributed by atoms with E-state index in [-0.39, 0.29) is 32.6 Å². The van der Waals surface area contributed by atoms with Crippen molar-refractivity contribution >= 4 is 22.7 Å². The van der Waals surface area contributed by atoms with Crippen molar-refractivity contribution in [3.05, 3.63) is 86.6 Å². The topological polar surface area (TPSA) is 94.1 Å². The van der Waals surface area contributed by atoms with Crippen molar-refractivity contribution in [2.24, 2.45) is 0 Å². The number of aromatic hydroxyl groups is 1. The third-order valence-electron chi connectivity index (χ3n) is 8.68. The molecule has 7 rings (SSSR count). The second-order valence-electron chi connectivity index (χ2n) is 11.0. The Morgan fingerprint density at radius 1 is 0.976 bits per heavy atom. The Balaban J connectivity index is 1.31. The maximum Gasteiger partial charge on any atom is 0.354 e. The monoisotopic (exact) mass is 572 g/mol. The highest BCUT2D eigenvalue weighted by Crippen LogP contribution is 2.52. The average molecular weight is 573 g/mol. The van der Waals surface area contributed by atoms with Gasteiger partial charge in [-0.25, -0.2) is 4.79 Å². The molecule has 0 atom stereocenters. The van der Waals surface area contributed by atoms with E-state index in [2.05, 4.69) is 11.0 Å². The number of pyridine rings is 1. The molecule has 8 nitrogen and oxygen atoms in total. The zero-order chi connectivity index (χ0) is 28.0.